The third-order valence-corrected chi connectivity index (χ3v) is 9.04. The van der Waals surface area contributed by atoms with Crippen molar-refractivity contribution in [3.63, 3.8) is 0 Å². The number of rotatable bonds is 42. The Morgan fingerprint density at radius 1 is 0.365 bits per heavy atom. The topological polar surface area (TPSA) is 191 Å². The second kappa shape index (κ2) is 36.0. The summed E-state index contributed by atoms with van der Waals surface area (Å²) in [6.07, 6.45) is 14.0. The highest BCUT2D eigenvalue weighted by Crippen LogP contribution is 2.43. The minimum absolute atomic E-state index is 0.0247. The molecule has 0 heterocycles. The van der Waals surface area contributed by atoms with Crippen LogP contribution in [0.1, 0.15) is 11.1 Å². The van der Waals surface area contributed by atoms with Crippen molar-refractivity contribution in [2.45, 2.75) is 0 Å². The van der Waals surface area contributed by atoms with E-state index in [1.807, 2.05) is 0 Å². The molecule has 0 aliphatic rings. The Balaban J connectivity index is 1.57. The molecule has 0 bridgehead atoms. The van der Waals surface area contributed by atoms with E-state index in [0.29, 0.717) is 33.4 Å². The molecule has 0 atom stereocenters. The van der Waals surface area contributed by atoms with Gasteiger partial charge >= 0.3 is 11.9 Å². The fourth-order valence-electron chi connectivity index (χ4n) is 6.04. The number of hydrogen-bond acceptors (Lipinski definition) is 19. The van der Waals surface area contributed by atoms with Crippen LogP contribution in [0.5, 0.6) is 46.0 Å². The molecule has 0 unspecified atom stereocenters. The Labute approximate surface area is 430 Å². The number of ether oxygens (including phenoxy) is 11. The molecule has 0 aromatic heterocycles. The van der Waals surface area contributed by atoms with Gasteiger partial charge in [-0.05, 0) is 48.6 Å². The van der Waals surface area contributed by atoms with Crippen molar-refractivity contribution >= 4 is 34.9 Å². The van der Waals surface area contributed by atoms with E-state index >= 15 is 0 Å². The molecule has 4 rings (SSSR count). The zero-order chi connectivity index (χ0) is 52.9. The second-order valence-corrected chi connectivity index (χ2v) is 14.1. The van der Waals surface area contributed by atoms with Gasteiger partial charge in [-0.1, -0.05) is 62.2 Å². The summed E-state index contributed by atoms with van der Waals surface area (Å²) < 4.78 is 63.7. The van der Waals surface area contributed by atoms with Crippen LogP contribution in [0.25, 0.3) is 22.9 Å². The molecule has 0 spiro atoms. The normalized spacial score (nSPS) is 10.8. The van der Waals surface area contributed by atoms with Crippen molar-refractivity contribution in [3.8, 4) is 46.0 Å². The van der Waals surface area contributed by atoms with Crippen molar-refractivity contribution in [2.75, 3.05) is 99.1 Å². The number of carbonyl (C=O) groups is 2. The van der Waals surface area contributed by atoms with Crippen LogP contribution >= 0.6 is 0 Å². The van der Waals surface area contributed by atoms with E-state index in [1.165, 1.54) is 67.4 Å². The molecular weight excluding hydrogens is 965 g/mol. The number of esters is 2. The van der Waals surface area contributed by atoms with Gasteiger partial charge < -0.3 is 52.1 Å². The Morgan fingerprint density at radius 2 is 0.703 bits per heavy atom. The Bertz CT molecular complexity index is 2460. The molecule has 0 N–H and O–H groups in total. The maximum Gasteiger partial charge on any atom is 0.336 e. The largest absolute Gasteiger partial charge is 0.498 e. The molecule has 0 saturated carbocycles. The van der Waals surface area contributed by atoms with Gasteiger partial charge in [-0.15, -0.1) is 19.7 Å². The first-order valence-corrected chi connectivity index (χ1v) is 23.0. The summed E-state index contributed by atoms with van der Waals surface area (Å²) >= 11 is 0. The molecule has 396 valence electrons. The summed E-state index contributed by atoms with van der Waals surface area (Å²) in [7, 11) is 0. The number of fused-ring (bicyclic) bond motifs is 1. The Morgan fingerprint density at radius 3 is 1.08 bits per heavy atom. The van der Waals surface area contributed by atoms with Crippen LogP contribution in [-0.2, 0) is 53.1 Å². The fraction of sp³-hybridized carbons (Fsp3) is 0.273. The van der Waals surface area contributed by atoms with Crippen LogP contribution < -0.4 is 37.9 Å². The second-order valence-electron chi connectivity index (χ2n) is 14.1. The molecule has 4 aromatic carbocycles. The van der Waals surface area contributed by atoms with Gasteiger partial charge in [0.1, 0.15) is 111 Å². The van der Waals surface area contributed by atoms with E-state index in [0.717, 1.165) is 0 Å². The monoisotopic (exact) mass is 1030 g/mol. The highest BCUT2D eigenvalue weighted by Gasteiger charge is 2.21. The molecular formula is C55H62O19. The first-order valence-electron chi connectivity index (χ1n) is 23.0. The summed E-state index contributed by atoms with van der Waals surface area (Å²) in [5.74, 6) is 0.455. The minimum atomic E-state index is -0.733. The highest BCUT2D eigenvalue weighted by molar-refractivity contribution is 5.99. The van der Waals surface area contributed by atoms with Crippen LogP contribution in [0.4, 0.5) is 0 Å². The molecule has 0 aliphatic heterocycles. The third kappa shape index (κ3) is 21.0. The molecule has 0 amide bonds. The van der Waals surface area contributed by atoms with Crippen molar-refractivity contribution in [1.29, 1.82) is 0 Å². The quantitative estimate of drug-likeness (QED) is 0.00596. The average molecular weight is 1030 g/mol. The van der Waals surface area contributed by atoms with Crippen molar-refractivity contribution in [1.82, 2.24) is 0 Å². The standard InChI is InChI=1S/C55H62O19/c1-7-27-67-70-39-36-62-49-22-18-42(52(63-34-31-59-11-5)55(49)66-38-41-72-69-29-9-3)19-25-50(56)73-46-23-24-47(45-16-14-13-15-44(45)46)74-51(57)26-20-43-17-21-48(61-33-30-58-10-4)54(65-35-32-60-12-6)53(43)64-37-40-71-68-28-8-2/h7-26H,1-6,27-41H2/b25-19+,26-20+. The number of carbonyl (C=O) groups excluding carboxylic acids is 2. The maximum absolute atomic E-state index is 13.5. The van der Waals surface area contributed by atoms with Gasteiger partial charge in [-0.25, -0.2) is 38.9 Å². The van der Waals surface area contributed by atoms with Crippen molar-refractivity contribution in [3.05, 3.63) is 160 Å². The van der Waals surface area contributed by atoms with Gasteiger partial charge in [0.25, 0.3) is 0 Å². The van der Waals surface area contributed by atoms with E-state index in [1.54, 1.807) is 54.6 Å². The average Bonchev–Trinajstić information content (AvgIpc) is 3.41. The van der Waals surface area contributed by atoms with Crippen molar-refractivity contribution in [2.24, 2.45) is 0 Å². The highest BCUT2D eigenvalue weighted by atomic mass is 17.2. The summed E-state index contributed by atoms with van der Waals surface area (Å²) in [4.78, 5) is 57.5. The molecule has 4 aromatic rings. The lowest BCUT2D eigenvalue weighted by Gasteiger charge is -2.19. The zero-order valence-electron chi connectivity index (χ0n) is 41.2. The van der Waals surface area contributed by atoms with Gasteiger partial charge in [0, 0.05) is 34.1 Å². The molecule has 74 heavy (non-hydrogen) atoms. The van der Waals surface area contributed by atoms with Crippen LogP contribution in [-0.4, -0.2) is 111 Å². The SMILES string of the molecule is C=CCOOCCOc1ccc(/C=C/C(=O)Oc2ccc(OC(=O)/C=C/c3ccc(OCCOC=C)c(OCCOC=C)c3OCCOOCC=C)c3ccccc23)c(OCCOC=C)c1OCCOOCC=C. The Hall–Kier alpha value is -8.04. The van der Waals surface area contributed by atoms with Crippen LogP contribution in [0.15, 0.2) is 149 Å². The number of benzene rings is 4. The lowest BCUT2D eigenvalue weighted by molar-refractivity contribution is -0.289. The maximum atomic E-state index is 13.5. The Kier molecular flexibility index (Phi) is 28.4. The van der Waals surface area contributed by atoms with Crippen LogP contribution in [0, 0.1) is 0 Å². The van der Waals surface area contributed by atoms with E-state index in [2.05, 4.69) is 39.5 Å². The van der Waals surface area contributed by atoms with Crippen molar-refractivity contribution < 1.29 is 91.0 Å². The van der Waals surface area contributed by atoms with E-state index < -0.39 is 11.9 Å². The third-order valence-electron chi connectivity index (χ3n) is 9.04. The minimum Gasteiger partial charge on any atom is -0.498 e. The molecule has 0 saturated heterocycles. The summed E-state index contributed by atoms with van der Waals surface area (Å²) in [5.41, 5.74) is 0.868. The van der Waals surface area contributed by atoms with Crippen LogP contribution in [0.3, 0.4) is 0 Å². The van der Waals surface area contributed by atoms with Crippen LogP contribution in [0.2, 0.25) is 0 Å². The van der Waals surface area contributed by atoms with Gasteiger partial charge in [0.15, 0.2) is 23.0 Å². The smallest absolute Gasteiger partial charge is 0.336 e. The lowest BCUT2D eigenvalue weighted by atomic mass is 10.1. The predicted octanol–water partition coefficient (Wildman–Crippen LogP) is 9.23. The van der Waals surface area contributed by atoms with Gasteiger partial charge in [0.05, 0.1) is 18.8 Å². The number of hydrogen-bond donors (Lipinski definition) is 0. The molecule has 19 nitrogen and oxygen atoms in total. The first-order chi connectivity index (χ1) is 36.4. The molecule has 0 radical (unpaired) electrons. The molecule has 0 fully saturated rings. The predicted molar refractivity (Wildman–Crippen MR) is 274 cm³/mol. The molecule has 0 aliphatic carbocycles. The summed E-state index contributed by atoms with van der Waals surface area (Å²) in [5, 5.41) is 0.966. The zero-order valence-corrected chi connectivity index (χ0v) is 41.2. The van der Waals surface area contributed by atoms with E-state index in [-0.39, 0.29) is 134 Å². The van der Waals surface area contributed by atoms with E-state index in [4.69, 9.17) is 81.4 Å². The fourth-order valence-corrected chi connectivity index (χ4v) is 6.04. The summed E-state index contributed by atoms with van der Waals surface area (Å²) in [6.45, 7) is 23.2. The lowest BCUT2D eigenvalue weighted by Crippen LogP contribution is -2.13. The van der Waals surface area contributed by atoms with E-state index in [9.17, 15) is 9.59 Å². The van der Waals surface area contributed by atoms with Gasteiger partial charge in [-0.3, -0.25) is 0 Å². The van der Waals surface area contributed by atoms with Gasteiger partial charge in [0.2, 0.25) is 11.5 Å². The summed E-state index contributed by atoms with van der Waals surface area (Å²) in [6, 6.07) is 16.7. The first kappa shape index (κ1) is 58.5. The molecule has 19 heteroatoms. The van der Waals surface area contributed by atoms with Gasteiger partial charge in [-0.2, -0.15) is 0 Å².